The molecule has 0 aliphatic heterocycles. The highest BCUT2D eigenvalue weighted by molar-refractivity contribution is 7.92. The number of amides is 1. The fraction of sp³-hybridized carbons (Fsp3) is 0.222. The molecule has 0 bridgehead atoms. The fourth-order valence-electron chi connectivity index (χ4n) is 2.52. The van der Waals surface area contributed by atoms with E-state index in [9.17, 15) is 13.2 Å². The van der Waals surface area contributed by atoms with E-state index >= 15 is 0 Å². The Bertz CT molecular complexity index is 1090. The van der Waals surface area contributed by atoms with Crippen LogP contribution in [-0.2, 0) is 21.2 Å². The van der Waals surface area contributed by atoms with Crippen LogP contribution in [0, 0.1) is 6.92 Å². The lowest BCUT2D eigenvalue weighted by atomic mass is 10.2. The molecule has 0 radical (unpaired) electrons. The van der Waals surface area contributed by atoms with E-state index < -0.39 is 10.0 Å². The molecule has 10 heteroatoms. The number of sulfonamides is 1. The largest absolute Gasteiger partial charge is 0.495 e. The van der Waals surface area contributed by atoms with Crippen molar-refractivity contribution in [2.24, 2.45) is 0 Å². The van der Waals surface area contributed by atoms with Crippen molar-refractivity contribution in [2.75, 3.05) is 23.4 Å². The Labute approximate surface area is 166 Å². The second-order valence-electron chi connectivity index (χ2n) is 6.01. The molecule has 3 rings (SSSR count). The fourth-order valence-corrected chi connectivity index (χ4v) is 3.73. The molecule has 0 aliphatic carbocycles. The van der Waals surface area contributed by atoms with Crippen LogP contribution in [0.25, 0.3) is 10.8 Å². The van der Waals surface area contributed by atoms with Gasteiger partial charge in [0.2, 0.25) is 21.8 Å². The monoisotopic (exact) mass is 421 g/mol. The second-order valence-corrected chi connectivity index (χ2v) is 8.71. The Balaban J connectivity index is 1.74. The third kappa shape index (κ3) is 4.90. The van der Waals surface area contributed by atoms with Gasteiger partial charge in [-0.25, -0.2) is 13.4 Å². The zero-order valence-corrected chi connectivity index (χ0v) is 17.1. The van der Waals surface area contributed by atoms with Crippen molar-refractivity contribution in [3.8, 4) is 16.5 Å². The van der Waals surface area contributed by atoms with Gasteiger partial charge in [0, 0.05) is 5.69 Å². The van der Waals surface area contributed by atoms with E-state index in [1.807, 2.05) is 17.5 Å². The molecule has 3 aromatic rings. The molecule has 0 atom stereocenters. The molecule has 28 heavy (non-hydrogen) atoms. The van der Waals surface area contributed by atoms with Gasteiger partial charge in [-0.2, -0.15) is 0 Å². The van der Waals surface area contributed by atoms with Gasteiger partial charge >= 0.3 is 0 Å². The summed E-state index contributed by atoms with van der Waals surface area (Å²) >= 11 is 1.50. The summed E-state index contributed by atoms with van der Waals surface area (Å²) in [5.41, 5.74) is 1.21. The van der Waals surface area contributed by atoms with Crippen LogP contribution < -0.4 is 14.8 Å². The first-order valence-electron chi connectivity index (χ1n) is 8.21. The van der Waals surface area contributed by atoms with Crippen LogP contribution in [0.3, 0.4) is 0 Å². The molecule has 2 N–H and O–H groups in total. The number of methoxy groups -OCH3 is 1. The highest BCUT2D eigenvalue weighted by Crippen LogP contribution is 2.29. The Hall–Kier alpha value is -2.85. The lowest BCUT2D eigenvalue weighted by Gasteiger charge is -2.12. The number of carbonyl (C=O) groups excluding carboxylic acids is 1. The number of nitrogens with zero attached hydrogens (tertiary/aromatic N) is 1. The van der Waals surface area contributed by atoms with E-state index in [2.05, 4.69) is 15.0 Å². The summed E-state index contributed by atoms with van der Waals surface area (Å²) in [6, 6.07) is 8.48. The molecule has 2 aromatic heterocycles. The van der Waals surface area contributed by atoms with Crippen molar-refractivity contribution in [3.05, 3.63) is 47.2 Å². The number of oxazole rings is 1. The van der Waals surface area contributed by atoms with Gasteiger partial charge < -0.3 is 14.5 Å². The lowest BCUT2D eigenvalue weighted by molar-refractivity contribution is -0.115. The average Bonchev–Trinajstić information content (AvgIpc) is 3.24. The summed E-state index contributed by atoms with van der Waals surface area (Å²) in [6.07, 6.45) is 1.07. The van der Waals surface area contributed by atoms with Gasteiger partial charge in [0.05, 0.1) is 36.0 Å². The van der Waals surface area contributed by atoms with Crippen molar-refractivity contribution in [3.63, 3.8) is 0 Å². The number of ether oxygens (including phenoxy) is 1. The van der Waals surface area contributed by atoms with E-state index in [0.29, 0.717) is 28.8 Å². The van der Waals surface area contributed by atoms with Crippen LogP contribution in [-0.4, -0.2) is 32.7 Å². The van der Waals surface area contributed by atoms with Crippen LogP contribution in [0.4, 0.5) is 11.4 Å². The minimum absolute atomic E-state index is 0.0293. The predicted octanol–water partition coefficient (Wildman–Crippen LogP) is 3.27. The molecule has 2 heterocycles. The first kappa shape index (κ1) is 19.9. The van der Waals surface area contributed by atoms with E-state index in [4.69, 9.17) is 9.15 Å². The van der Waals surface area contributed by atoms with Crippen molar-refractivity contribution in [1.29, 1.82) is 0 Å². The van der Waals surface area contributed by atoms with Gasteiger partial charge in [0.25, 0.3) is 0 Å². The van der Waals surface area contributed by atoms with Crippen molar-refractivity contribution in [2.45, 2.75) is 13.3 Å². The third-order valence-electron chi connectivity index (χ3n) is 3.73. The molecule has 0 saturated carbocycles. The topological polar surface area (TPSA) is 111 Å². The number of benzene rings is 1. The maximum atomic E-state index is 12.4. The molecular weight excluding hydrogens is 402 g/mol. The summed E-state index contributed by atoms with van der Waals surface area (Å²) in [4.78, 5) is 17.7. The molecule has 8 nitrogen and oxygen atoms in total. The van der Waals surface area contributed by atoms with Crippen molar-refractivity contribution >= 4 is 38.6 Å². The van der Waals surface area contributed by atoms with Gasteiger partial charge in [-0.3, -0.25) is 9.52 Å². The molecule has 0 aliphatic rings. The number of carbonyl (C=O) groups is 1. The van der Waals surface area contributed by atoms with E-state index in [1.165, 1.54) is 24.5 Å². The molecular formula is C18H19N3O5S2. The predicted molar refractivity (Wildman–Crippen MR) is 108 cm³/mol. The molecule has 148 valence electrons. The molecule has 0 spiro atoms. The third-order valence-corrected chi connectivity index (χ3v) is 5.18. The first-order valence-corrected chi connectivity index (χ1v) is 11.0. The summed E-state index contributed by atoms with van der Waals surface area (Å²) in [6.45, 7) is 1.76. The number of rotatable bonds is 7. The number of nitrogens with one attached hydrogen (secondary N) is 2. The SMILES string of the molecule is COc1ccc(NC(=O)Cc2nc(-c3cccs3)oc2C)cc1NS(C)(=O)=O. The number of aryl methyl sites for hydroxylation is 1. The summed E-state index contributed by atoms with van der Waals surface area (Å²) in [5.74, 6) is 1.10. The Morgan fingerprint density at radius 1 is 1.32 bits per heavy atom. The number of anilines is 2. The number of thiophene rings is 1. The second kappa shape index (κ2) is 8.03. The van der Waals surface area contributed by atoms with E-state index in [-0.39, 0.29) is 18.0 Å². The highest BCUT2D eigenvalue weighted by Gasteiger charge is 2.16. The molecule has 1 aromatic carbocycles. The molecule has 0 unspecified atom stereocenters. The summed E-state index contributed by atoms with van der Waals surface area (Å²) in [7, 11) is -2.06. The molecule has 1 amide bonds. The quantitative estimate of drug-likeness (QED) is 0.606. The lowest BCUT2D eigenvalue weighted by Crippen LogP contribution is -2.16. The summed E-state index contributed by atoms with van der Waals surface area (Å²) < 4.78 is 36.2. The zero-order valence-electron chi connectivity index (χ0n) is 15.5. The molecule has 0 fully saturated rings. The number of aromatic nitrogens is 1. The number of hydrogen-bond acceptors (Lipinski definition) is 7. The van der Waals surface area contributed by atoms with Crippen LogP contribution in [0.15, 0.2) is 40.1 Å². The Morgan fingerprint density at radius 2 is 2.11 bits per heavy atom. The van der Waals surface area contributed by atoms with Gasteiger partial charge in [0.15, 0.2) is 0 Å². The standard InChI is InChI=1S/C18H19N3O5S2/c1-11-13(20-18(26-11)16-5-4-8-27-16)10-17(22)19-12-6-7-15(25-2)14(9-12)21-28(3,23)24/h4-9,21H,10H2,1-3H3,(H,19,22). The maximum Gasteiger partial charge on any atom is 0.236 e. The Kier molecular flexibility index (Phi) is 5.71. The van der Waals surface area contributed by atoms with Crippen LogP contribution >= 0.6 is 11.3 Å². The molecule has 0 saturated heterocycles. The van der Waals surface area contributed by atoms with Gasteiger partial charge in [-0.05, 0) is 36.6 Å². The van der Waals surface area contributed by atoms with Gasteiger partial charge in [0.1, 0.15) is 11.5 Å². The Morgan fingerprint density at radius 3 is 2.75 bits per heavy atom. The normalized spacial score (nSPS) is 11.2. The summed E-state index contributed by atoms with van der Waals surface area (Å²) in [5, 5.41) is 4.65. The minimum atomic E-state index is -3.49. The van der Waals surface area contributed by atoms with E-state index in [0.717, 1.165) is 11.1 Å². The maximum absolute atomic E-state index is 12.4. The average molecular weight is 422 g/mol. The van der Waals surface area contributed by atoms with Crippen LogP contribution in [0.1, 0.15) is 11.5 Å². The van der Waals surface area contributed by atoms with Crippen molar-refractivity contribution < 1.29 is 22.4 Å². The van der Waals surface area contributed by atoms with Crippen molar-refractivity contribution in [1.82, 2.24) is 4.98 Å². The number of hydrogen-bond donors (Lipinski definition) is 2. The minimum Gasteiger partial charge on any atom is -0.495 e. The van der Waals surface area contributed by atoms with Crippen LogP contribution in [0.5, 0.6) is 5.75 Å². The first-order chi connectivity index (χ1) is 13.2. The zero-order chi connectivity index (χ0) is 20.3. The van der Waals surface area contributed by atoms with Gasteiger partial charge in [-0.15, -0.1) is 11.3 Å². The smallest absolute Gasteiger partial charge is 0.236 e. The highest BCUT2D eigenvalue weighted by atomic mass is 32.2. The van der Waals surface area contributed by atoms with E-state index in [1.54, 1.807) is 19.1 Å². The van der Waals surface area contributed by atoms with Gasteiger partial charge in [-0.1, -0.05) is 6.07 Å². The van der Waals surface area contributed by atoms with Crippen LogP contribution in [0.2, 0.25) is 0 Å².